The Balaban J connectivity index is 1.21. The summed E-state index contributed by atoms with van der Waals surface area (Å²) < 4.78 is 96.3. The van der Waals surface area contributed by atoms with Gasteiger partial charge in [0, 0.05) is 57.2 Å². The second-order valence-corrected chi connectivity index (χ2v) is 23.4. The predicted molar refractivity (Wildman–Crippen MR) is 284 cm³/mol. The number of rotatable bonds is 16. The lowest BCUT2D eigenvalue weighted by Crippen LogP contribution is -2.61. The van der Waals surface area contributed by atoms with Gasteiger partial charge in [-0.05, 0) is 123 Å². The Morgan fingerprint density at radius 1 is 0.911 bits per heavy atom. The molecule has 3 aliphatic heterocycles. The van der Waals surface area contributed by atoms with Gasteiger partial charge in [-0.25, -0.2) is 9.07 Å². The number of carbonyl (C=O) groups excluding carboxylic acids is 1. The molecular formula is C57H87F4N5O13. The SMILES string of the molecule is CC[C@H]1OC(=O)[C@H](C)[C@@H](O[C@H]2C[C@@](C)(OC)[C@@H](O)[C@H](C)O2)[C@H](C)[C@@H](O[C@@H]2O[C@H](C)C[C@H](N(C)CCc3cn([C@H](CF)Cc4ccc(-c5ccc(OC(F)(F)F)cc5)cc4)nn3)[C@H]2O)[C@](C)(O)C[C@@H](C)CN(C)[C@H](C)[C@@H](O)[C@]1(C)O. The zero-order valence-corrected chi connectivity index (χ0v) is 48.0. The highest BCUT2D eigenvalue weighted by Gasteiger charge is 2.53. The number of ether oxygens (including phenoxy) is 7. The normalized spacial score (nSPS) is 37.3. The van der Waals surface area contributed by atoms with Gasteiger partial charge in [-0.2, -0.15) is 0 Å². The van der Waals surface area contributed by atoms with Gasteiger partial charge in [0.05, 0.1) is 53.3 Å². The molecule has 5 N–H and O–H groups in total. The third-order valence-electron chi connectivity index (χ3n) is 16.8. The van der Waals surface area contributed by atoms with Crippen LogP contribution in [-0.4, -0.2) is 194 Å². The number of methoxy groups -OCH3 is 1. The molecule has 446 valence electrons. The van der Waals surface area contributed by atoms with Crippen molar-refractivity contribution in [2.75, 3.05) is 41.0 Å². The van der Waals surface area contributed by atoms with Crippen molar-refractivity contribution in [2.24, 2.45) is 17.8 Å². The second-order valence-electron chi connectivity index (χ2n) is 23.4. The fourth-order valence-corrected chi connectivity index (χ4v) is 11.9. The number of carbonyl (C=O) groups is 1. The lowest BCUT2D eigenvalue weighted by Gasteiger charge is -2.49. The van der Waals surface area contributed by atoms with Crippen LogP contribution in [0, 0.1) is 17.8 Å². The number of hydrogen-bond donors (Lipinski definition) is 5. The van der Waals surface area contributed by atoms with Crippen LogP contribution in [0.2, 0.25) is 0 Å². The number of aliphatic hydroxyl groups is 5. The summed E-state index contributed by atoms with van der Waals surface area (Å²) in [6, 6.07) is 11.0. The largest absolute Gasteiger partial charge is 0.573 e. The zero-order chi connectivity index (χ0) is 58.5. The highest BCUT2D eigenvalue weighted by atomic mass is 19.4. The summed E-state index contributed by atoms with van der Waals surface area (Å²) in [5.74, 6) is -3.28. The molecule has 3 aliphatic rings. The predicted octanol–water partition coefficient (Wildman–Crippen LogP) is 6.42. The van der Waals surface area contributed by atoms with E-state index in [0.29, 0.717) is 43.6 Å². The van der Waals surface area contributed by atoms with Crippen molar-refractivity contribution in [3.05, 3.63) is 66.0 Å². The minimum absolute atomic E-state index is 0.0665. The number of nitrogens with zero attached hydrogens (tertiary/aromatic N) is 5. The van der Waals surface area contributed by atoms with Crippen molar-refractivity contribution in [3.8, 4) is 16.9 Å². The van der Waals surface area contributed by atoms with E-state index in [1.807, 2.05) is 62.0 Å². The maximum absolute atomic E-state index is 14.6. The molecule has 79 heavy (non-hydrogen) atoms. The van der Waals surface area contributed by atoms with E-state index in [1.165, 1.54) is 43.0 Å². The van der Waals surface area contributed by atoms with Gasteiger partial charge in [-0.1, -0.05) is 62.4 Å². The third kappa shape index (κ3) is 15.8. The van der Waals surface area contributed by atoms with Crippen molar-refractivity contribution in [1.82, 2.24) is 24.8 Å². The standard InChI is InChI=1S/C57H87F4N5O13/c1-14-45-56(10,72)49(68)36(6)65(12)30-32(2)27-54(8,71)51(34(4)48(35(5)52(70)76-45)77-46-28-55(9,73-13)50(69)37(7)75-46)78-53-47(67)44(25-33(3)74-53)64(11)24-23-41-31-66(63-62-41)42(29-58)26-38-15-17-39(18-16-38)40-19-21-43(22-20-40)79-57(59,60)61/h15-22,31-37,42,44-51,53,67-69,71-72H,14,23-30H2,1-13H3/t32-,33-,34+,35-,36-,37+,42+,44+,45-,46+,47-,48+,49-,50+,51-,53+,54-,55-,56-/m1/s1. The Morgan fingerprint density at radius 2 is 1.54 bits per heavy atom. The van der Waals surface area contributed by atoms with Crippen LogP contribution in [0.1, 0.15) is 112 Å². The molecule has 22 heteroatoms. The zero-order valence-electron chi connectivity index (χ0n) is 48.0. The smallest absolute Gasteiger partial charge is 0.459 e. The Bertz CT molecular complexity index is 2380. The van der Waals surface area contributed by atoms with Gasteiger partial charge in [0.1, 0.15) is 42.4 Å². The maximum Gasteiger partial charge on any atom is 0.573 e. The number of cyclic esters (lactones) is 1. The van der Waals surface area contributed by atoms with E-state index in [0.717, 1.165) is 11.1 Å². The van der Waals surface area contributed by atoms with E-state index < -0.39 is 127 Å². The van der Waals surface area contributed by atoms with E-state index in [2.05, 4.69) is 15.0 Å². The molecule has 2 aromatic carbocycles. The third-order valence-corrected chi connectivity index (χ3v) is 16.8. The number of benzene rings is 2. The first-order valence-electron chi connectivity index (χ1n) is 27.6. The lowest BCUT2D eigenvalue weighted by molar-refractivity contribution is -0.318. The number of alkyl halides is 4. The maximum atomic E-state index is 14.6. The van der Waals surface area contributed by atoms with Crippen molar-refractivity contribution in [1.29, 1.82) is 0 Å². The van der Waals surface area contributed by atoms with E-state index in [9.17, 15) is 47.9 Å². The van der Waals surface area contributed by atoms with Crippen LogP contribution in [0.15, 0.2) is 54.7 Å². The molecule has 18 nitrogen and oxygen atoms in total. The highest BCUT2D eigenvalue weighted by molar-refractivity contribution is 5.73. The van der Waals surface area contributed by atoms with Crippen LogP contribution in [0.3, 0.4) is 0 Å². The Labute approximate surface area is 462 Å². The van der Waals surface area contributed by atoms with Gasteiger partial charge >= 0.3 is 12.3 Å². The summed E-state index contributed by atoms with van der Waals surface area (Å²) >= 11 is 0. The van der Waals surface area contributed by atoms with Gasteiger partial charge in [0.2, 0.25) is 0 Å². The van der Waals surface area contributed by atoms with E-state index >= 15 is 0 Å². The van der Waals surface area contributed by atoms with E-state index in [1.54, 1.807) is 54.7 Å². The van der Waals surface area contributed by atoms with Crippen LogP contribution >= 0.6 is 0 Å². The van der Waals surface area contributed by atoms with Crippen LogP contribution in [-0.2, 0) is 46.1 Å². The molecular weight excluding hydrogens is 1040 g/mol. The molecule has 0 unspecified atom stereocenters. The summed E-state index contributed by atoms with van der Waals surface area (Å²) in [7, 11) is 5.15. The molecule has 0 spiro atoms. The topological polar surface area (TPSA) is 220 Å². The fraction of sp³-hybridized carbons (Fsp3) is 0.737. The Morgan fingerprint density at radius 3 is 2.14 bits per heavy atom. The molecule has 19 atom stereocenters. The van der Waals surface area contributed by atoms with Gasteiger partial charge in [-0.15, -0.1) is 18.3 Å². The first-order chi connectivity index (χ1) is 36.9. The van der Waals surface area contributed by atoms with Crippen LogP contribution in [0.25, 0.3) is 11.1 Å². The molecule has 0 aliphatic carbocycles. The lowest BCUT2D eigenvalue weighted by atomic mass is 9.77. The second kappa shape index (κ2) is 26.6. The molecule has 0 saturated carbocycles. The summed E-state index contributed by atoms with van der Waals surface area (Å²) in [4.78, 5) is 18.4. The van der Waals surface area contributed by atoms with Crippen molar-refractivity contribution >= 4 is 5.97 Å². The van der Waals surface area contributed by atoms with Crippen molar-refractivity contribution < 1.29 is 81.0 Å². The molecule has 1 aromatic heterocycles. The number of hydrogen-bond acceptors (Lipinski definition) is 17. The van der Waals surface area contributed by atoms with Gasteiger partial charge < -0.3 is 68.5 Å². The monoisotopic (exact) mass is 1130 g/mol. The van der Waals surface area contributed by atoms with Crippen LogP contribution in [0.5, 0.6) is 5.75 Å². The molecule has 6 rings (SSSR count). The van der Waals surface area contributed by atoms with Gasteiger partial charge in [-0.3, -0.25) is 4.79 Å². The van der Waals surface area contributed by atoms with Crippen molar-refractivity contribution in [3.63, 3.8) is 0 Å². The number of aromatic nitrogens is 3. The number of esters is 1. The Kier molecular flexibility index (Phi) is 21.6. The summed E-state index contributed by atoms with van der Waals surface area (Å²) in [5, 5.41) is 68.4. The molecule has 0 bridgehead atoms. The molecule has 4 heterocycles. The molecule has 3 fully saturated rings. The van der Waals surface area contributed by atoms with Crippen LogP contribution in [0.4, 0.5) is 17.6 Å². The average Bonchev–Trinajstić information content (AvgIpc) is 4.00. The van der Waals surface area contributed by atoms with Gasteiger partial charge in [0.25, 0.3) is 0 Å². The fourth-order valence-electron chi connectivity index (χ4n) is 11.9. The first-order valence-corrected chi connectivity index (χ1v) is 27.6. The van der Waals surface area contributed by atoms with Crippen LogP contribution < -0.4 is 4.74 Å². The van der Waals surface area contributed by atoms with Gasteiger partial charge in [0.15, 0.2) is 12.6 Å². The summed E-state index contributed by atoms with van der Waals surface area (Å²) in [5.41, 5.74) is -1.80. The molecule has 0 radical (unpaired) electrons. The molecule has 0 amide bonds. The number of aliphatic hydroxyl groups excluding tert-OH is 3. The highest BCUT2D eigenvalue weighted by Crippen LogP contribution is 2.41. The molecule has 3 saturated heterocycles. The quantitative estimate of drug-likeness (QED) is 0.0771. The summed E-state index contributed by atoms with van der Waals surface area (Å²) in [6.07, 6.45) is -12.2. The average molecular weight is 1130 g/mol. The number of halogens is 4. The number of likely N-dealkylation sites (N-methyl/N-ethyl adjacent to an activating group) is 2. The minimum atomic E-state index is -4.79. The van der Waals surface area contributed by atoms with E-state index in [-0.39, 0.29) is 30.9 Å². The molecule has 3 aromatic rings. The minimum Gasteiger partial charge on any atom is -0.459 e. The van der Waals surface area contributed by atoms with E-state index in [4.69, 9.17) is 28.4 Å². The first kappa shape index (κ1) is 64.3. The van der Waals surface area contributed by atoms with Crippen molar-refractivity contribution in [2.45, 2.75) is 210 Å². The summed E-state index contributed by atoms with van der Waals surface area (Å²) in [6.45, 7) is 17.3. The Hall–Kier alpha value is -3.91.